The summed E-state index contributed by atoms with van der Waals surface area (Å²) in [5.74, 6) is 1.50. The first-order chi connectivity index (χ1) is 19.9. The Morgan fingerprint density at radius 1 is 0.976 bits per heavy atom. The van der Waals surface area contributed by atoms with Crippen LogP contribution in [-0.4, -0.2) is 48.2 Å². The van der Waals surface area contributed by atoms with E-state index < -0.39 is 5.97 Å². The third kappa shape index (κ3) is 6.82. The van der Waals surface area contributed by atoms with Crippen molar-refractivity contribution >= 4 is 23.3 Å². The molecule has 1 aliphatic heterocycles. The molecule has 1 saturated heterocycles. The zero-order chi connectivity index (χ0) is 28.8. The number of rotatable bonds is 11. The molecule has 1 amide bonds. The van der Waals surface area contributed by atoms with E-state index >= 15 is 0 Å². The van der Waals surface area contributed by atoms with Crippen molar-refractivity contribution < 1.29 is 24.2 Å². The lowest BCUT2D eigenvalue weighted by atomic mass is 9.92. The quantitative estimate of drug-likeness (QED) is 0.258. The molecule has 2 fully saturated rings. The van der Waals surface area contributed by atoms with Gasteiger partial charge >= 0.3 is 5.97 Å². The second kappa shape index (κ2) is 12.8. The maximum atomic E-state index is 13.3. The average molecular weight is 556 g/mol. The predicted molar refractivity (Wildman–Crippen MR) is 160 cm³/mol. The van der Waals surface area contributed by atoms with Gasteiger partial charge in [0.25, 0.3) is 0 Å². The number of carbonyl (C=O) groups is 2. The summed E-state index contributed by atoms with van der Waals surface area (Å²) in [5.41, 5.74) is 5.53. The highest BCUT2D eigenvalue weighted by molar-refractivity contribution is 5.87. The van der Waals surface area contributed by atoms with Gasteiger partial charge in [0, 0.05) is 12.2 Å². The molecule has 3 N–H and O–H groups in total. The molecule has 1 saturated carbocycles. The van der Waals surface area contributed by atoms with Crippen LogP contribution in [-0.2, 0) is 11.2 Å². The molecule has 3 aromatic rings. The second-order valence-electron chi connectivity index (χ2n) is 10.6. The summed E-state index contributed by atoms with van der Waals surface area (Å²) < 4.78 is 11.4. The van der Waals surface area contributed by atoms with E-state index in [9.17, 15) is 9.59 Å². The Labute approximate surface area is 241 Å². The fourth-order valence-electron chi connectivity index (χ4n) is 5.30. The number of aryl methyl sites for hydroxylation is 1. The first-order valence-electron chi connectivity index (χ1n) is 14.2. The van der Waals surface area contributed by atoms with E-state index in [0.29, 0.717) is 18.8 Å². The van der Waals surface area contributed by atoms with Crippen molar-refractivity contribution in [1.29, 1.82) is 0 Å². The maximum absolute atomic E-state index is 13.3. The molecule has 8 nitrogen and oxygen atoms in total. The topological polar surface area (TPSA) is 100 Å². The minimum atomic E-state index is -0.969. The largest absolute Gasteiger partial charge is 0.495 e. The summed E-state index contributed by atoms with van der Waals surface area (Å²) >= 11 is 0. The number of hydrogen-bond donors (Lipinski definition) is 3. The van der Waals surface area contributed by atoms with E-state index in [1.165, 1.54) is 24.1 Å². The van der Waals surface area contributed by atoms with Crippen molar-refractivity contribution in [1.82, 2.24) is 4.90 Å². The molecule has 0 radical (unpaired) electrons. The van der Waals surface area contributed by atoms with Gasteiger partial charge in [0.2, 0.25) is 5.91 Å². The molecule has 5 rings (SSSR count). The molecule has 0 bridgehead atoms. The van der Waals surface area contributed by atoms with Crippen molar-refractivity contribution in [3.63, 3.8) is 0 Å². The molecule has 3 aromatic carbocycles. The lowest BCUT2D eigenvalue weighted by Crippen LogP contribution is -2.39. The number of hydrogen-bond acceptors (Lipinski definition) is 6. The van der Waals surface area contributed by atoms with E-state index in [1.54, 1.807) is 19.2 Å². The number of amides is 1. The lowest BCUT2D eigenvalue weighted by Gasteiger charge is -2.26. The van der Waals surface area contributed by atoms with Crippen LogP contribution in [0.4, 0.5) is 11.4 Å². The van der Waals surface area contributed by atoms with Gasteiger partial charge in [-0.25, -0.2) is 4.79 Å². The number of nitrogens with one attached hydrogen (secondary N) is 2. The third-order valence-corrected chi connectivity index (χ3v) is 7.82. The molecular formula is C33H37N3O5. The predicted octanol–water partition coefficient (Wildman–Crippen LogP) is 6.23. The van der Waals surface area contributed by atoms with E-state index in [2.05, 4.69) is 23.6 Å². The van der Waals surface area contributed by atoms with Crippen LogP contribution >= 0.6 is 0 Å². The van der Waals surface area contributed by atoms with Gasteiger partial charge in [0.15, 0.2) is 0 Å². The number of para-hydroxylation sites is 2. The van der Waals surface area contributed by atoms with Crippen molar-refractivity contribution in [2.75, 3.05) is 30.9 Å². The van der Waals surface area contributed by atoms with Crippen LogP contribution in [0.15, 0.2) is 78.1 Å². The number of carboxylic acids is 1. The van der Waals surface area contributed by atoms with Crippen LogP contribution in [0.5, 0.6) is 11.5 Å². The van der Waals surface area contributed by atoms with Crippen LogP contribution in [0.3, 0.4) is 0 Å². The van der Waals surface area contributed by atoms with Crippen LogP contribution in [0, 0.1) is 6.92 Å². The third-order valence-electron chi connectivity index (χ3n) is 7.82. The van der Waals surface area contributed by atoms with Gasteiger partial charge in [0.1, 0.15) is 23.9 Å². The van der Waals surface area contributed by atoms with Crippen LogP contribution in [0.2, 0.25) is 0 Å². The Kier molecular flexibility index (Phi) is 8.77. The number of aromatic carboxylic acids is 1. The van der Waals surface area contributed by atoms with E-state index in [-0.39, 0.29) is 17.5 Å². The highest BCUT2D eigenvalue weighted by Crippen LogP contribution is 2.33. The van der Waals surface area contributed by atoms with Gasteiger partial charge in [-0.3, -0.25) is 4.79 Å². The number of anilines is 2. The van der Waals surface area contributed by atoms with Gasteiger partial charge in [-0.05, 0) is 98.2 Å². The number of benzene rings is 3. The number of allylic oxidation sites excluding steroid dienone is 1. The van der Waals surface area contributed by atoms with Gasteiger partial charge in [-0.1, -0.05) is 24.3 Å². The number of likely N-dealkylation sites (tertiary alicyclic amines) is 1. The molecule has 214 valence electrons. The highest BCUT2D eigenvalue weighted by atomic mass is 16.5. The standard InChI is InChI=1S/C33H37N3O5/c1-22-19-23(12-17-28(22)34-32(24-7-5-8-24)35-29-10-3-4-11-30(29)40-2)20-31(37)36-18-6-9-26(36)21-41-27-15-13-25(14-16-27)33(38)39/h3-4,10-17,19,26,34-35H,5-9,18,20-21H2,1-2H3,(H,38,39). The van der Waals surface area contributed by atoms with Crippen molar-refractivity contribution in [3.8, 4) is 11.5 Å². The summed E-state index contributed by atoms with van der Waals surface area (Å²) in [6.45, 7) is 3.16. The van der Waals surface area contributed by atoms with Gasteiger partial charge < -0.3 is 30.1 Å². The minimum Gasteiger partial charge on any atom is -0.495 e. The van der Waals surface area contributed by atoms with Gasteiger partial charge in [0.05, 0.1) is 30.8 Å². The zero-order valence-corrected chi connectivity index (χ0v) is 23.6. The Hall–Kier alpha value is -4.46. The van der Waals surface area contributed by atoms with Crippen LogP contribution in [0.25, 0.3) is 0 Å². The summed E-state index contributed by atoms with van der Waals surface area (Å²) in [6.07, 6.45) is 5.47. The Bertz CT molecular complexity index is 1430. The summed E-state index contributed by atoms with van der Waals surface area (Å²) in [7, 11) is 1.67. The zero-order valence-electron chi connectivity index (χ0n) is 23.6. The Morgan fingerprint density at radius 2 is 1.73 bits per heavy atom. The summed E-state index contributed by atoms with van der Waals surface area (Å²) in [5, 5.41) is 16.2. The number of carbonyl (C=O) groups excluding carboxylic acids is 1. The molecule has 41 heavy (non-hydrogen) atoms. The van der Waals surface area contributed by atoms with E-state index in [0.717, 1.165) is 66.3 Å². The number of methoxy groups -OCH3 is 1. The normalized spacial score (nSPS) is 16.1. The smallest absolute Gasteiger partial charge is 0.335 e. The van der Waals surface area contributed by atoms with Gasteiger partial charge in [-0.2, -0.15) is 0 Å². The maximum Gasteiger partial charge on any atom is 0.335 e. The molecule has 1 atom stereocenters. The monoisotopic (exact) mass is 555 g/mol. The first kappa shape index (κ1) is 28.1. The summed E-state index contributed by atoms with van der Waals surface area (Å²) in [4.78, 5) is 26.3. The second-order valence-corrected chi connectivity index (χ2v) is 10.6. The lowest BCUT2D eigenvalue weighted by molar-refractivity contribution is -0.131. The molecule has 2 aliphatic rings. The Balaban J connectivity index is 1.20. The highest BCUT2D eigenvalue weighted by Gasteiger charge is 2.29. The average Bonchev–Trinajstić information content (AvgIpc) is 3.42. The molecule has 8 heteroatoms. The SMILES string of the molecule is COc1ccccc1NC(Nc1ccc(CC(=O)N2CCCC2COc2ccc(C(=O)O)cc2)cc1C)=C1CCC1. The summed E-state index contributed by atoms with van der Waals surface area (Å²) in [6, 6.07) is 20.4. The van der Waals surface area contributed by atoms with Crippen LogP contribution in [0.1, 0.15) is 53.6 Å². The number of carboxylic acid groups (broad SMARTS) is 1. The van der Waals surface area contributed by atoms with Crippen molar-refractivity contribution in [3.05, 3.63) is 94.8 Å². The molecule has 0 aromatic heterocycles. The van der Waals surface area contributed by atoms with Crippen molar-refractivity contribution in [2.45, 2.75) is 51.5 Å². The molecule has 1 unspecified atom stereocenters. The van der Waals surface area contributed by atoms with Crippen molar-refractivity contribution in [2.24, 2.45) is 0 Å². The fraction of sp³-hybridized carbons (Fsp3) is 0.333. The number of nitrogens with zero attached hydrogens (tertiary/aromatic N) is 1. The van der Waals surface area contributed by atoms with E-state index in [1.807, 2.05) is 41.3 Å². The molecular weight excluding hydrogens is 518 g/mol. The first-order valence-corrected chi connectivity index (χ1v) is 14.2. The fourth-order valence-corrected chi connectivity index (χ4v) is 5.30. The minimum absolute atomic E-state index is 0.00130. The molecule has 1 aliphatic carbocycles. The van der Waals surface area contributed by atoms with E-state index in [4.69, 9.17) is 14.6 Å². The van der Waals surface area contributed by atoms with Gasteiger partial charge in [-0.15, -0.1) is 0 Å². The number of ether oxygens (including phenoxy) is 2. The van der Waals surface area contributed by atoms with Crippen LogP contribution < -0.4 is 20.1 Å². The molecule has 0 spiro atoms. The Morgan fingerprint density at radius 3 is 2.41 bits per heavy atom. The molecule has 1 heterocycles.